The van der Waals surface area contributed by atoms with Crippen LogP contribution in [0.3, 0.4) is 0 Å². The highest BCUT2D eigenvalue weighted by Crippen LogP contribution is 2.29. The van der Waals surface area contributed by atoms with Crippen LogP contribution in [0.2, 0.25) is 10.0 Å². The van der Waals surface area contributed by atoms with Gasteiger partial charge in [-0.3, -0.25) is 4.79 Å². The smallest absolute Gasteiger partial charge is 0.258 e. The Morgan fingerprint density at radius 2 is 1.81 bits per heavy atom. The van der Waals surface area contributed by atoms with Crippen LogP contribution in [0, 0.1) is 0 Å². The summed E-state index contributed by atoms with van der Waals surface area (Å²) in [6, 6.07) is 10.8. The van der Waals surface area contributed by atoms with Crippen LogP contribution in [0.1, 0.15) is 26.3 Å². The van der Waals surface area contributed by atoms with Crippen LogP contribution in [-0.4, -0.2) is 25.2 Å². The first kappa shape index (κ1) is 21.2. The SMILES string of the molecule is COc1cc(CNc2ccc(Cl)cc2Cl)ccc1OCC(=O)NC(C)(C)C. The minimum atomic E-state index is -0.303. The maximum Gasteiger partial charge on any atom is 0.258 e. The van der Waals surface area contributed by atoms with E-state index < -0.39 is 0 Å². The molecule has 2 aromatic rings. The number of carbonyl (C=O) groups is 1. The molecule has 0 fully saturated rings. The van der Waals surface area contributed by atoms with Crippen LogP contribution in [0.15, 0.2) is 36.4 Å². The average molecular weight is 411 g/mol. The van der Waals surface area contributed by atoms with Crippen molar-refractivity contribution in [1.29, 1.82) is 0 Å². The summed E-state index contributed by atoms with van der Waals surface area (Å²) < 4.78 is 11.0. The normalized spacial score (nSPS) is 11.0. The minimum absolute atomic E-state index is 0.0778. The molecule has 0 spiro atoms. The van der Waals surface area contributed by atoms with Crippen molar-refractivity contribution in [2.45, 2.75) is 32.9 Å². The molecule has 2 aromatic carbocycles. The second-order valence-electron chi connectivity index (χ2n) is 7.05. The summed E-state index contributed by atoms with van der Waals surface area (Å²) >= 11 is 12.1. The Balaban J connectivity index is 1.99. The average Bonchev–Trinajstić information content (AvgIpc) is 2.58. The topological polar surface area (TPSA) is 59.6 Å². The zero-order chi connectivity index (χ0) is 20.0. The highest BCUT2D eigenvalue weighted by Gasteiger charge is 2.15. The lowest BCUT2D eigenvalue weighted by Crippen LogP contribution is -2.43. The molecule has 0 unspecified atom stereocenters. The molecule has 7 heteroatoms. The van der Waals surface area contributed by atoms with E-state index in [0.717, 1.165) is 11.3 Å². The second-order valence-corrected chi connectivity index (χ2v) is 7.89. The summed E-state index contributed by atoms with van der Waals surface area (Å²) in [5, 5.41) is 7.24. The summed E-state index contributed by atoms with van der Waals surface area (Å²) in [7, 11) is 1.56. The predicted molar refractivity (Wildman–Crippen MR) is 110 cm³/mol. The fourth-order valence-electron chi connectivity index (χ4n) is 2.37. The number of ether oxygens (including phenoxy) is 2. The highest BCUT2D eigenvalue weighted by atomic mass is 35.5. The molecule has 0 aliphatic rings. The number of hydrogen-bond donors (Lipinski definition) is 2. The van der Waals surface area contributed by atoms with E-state index in [1.54, 1.807) is 25.3 Å². The monoisotopic (exact) mass is 410 g/mol. The zero-order valence-electron chi connectivity index (χ0n) is 15.9. The van der Waals surface area contributed by atoms with Gasteiger partial charge in [0.2, 0.25) is 0 Å². The minimum Gasteiger partial charge on any atom is -0.493 e. The molecule has 0 aliphatic carbocycles. The van der Waals surface area contributed by atoms with E-state index in [0.29, 0.717) is 28.1 Å². The molecule has 0 saturated carbocycles. The summed E-state index contributed by atoms with van der Waals surface area (Å²) in [6.45, 7) is 6.22. The number of amides is 1. The lowest BCUT2D eigenvalue weighted by atomic mass is 10.1. The van der Waals surface area contributed by atoms with Gasteiger partial charge in [0.1, 0.15) is 0 Å². The summed E-state index contributed by atoms with van der Waals surface area (Å²) in [6.07, 6.45) is 0. The Labute approximate surface area is 170 Å². The number of anilines is 1. The van der Waals surface area contributed by atoms with Crippen LogP contribution >= 0.6 is 23.2 Å². The van der Waals surface area contributed by atoms with Crippen molar-refractivity contribution in [1.82, 2.24) is 5.32 Å². The number of rotatable bonds is 7. The number of hydrogen-bond acceptors (Lipinski definition) is 4. The first-order valence-corrected chi connectivity index (χ1v) is 9.23. The Bertz CT molecular complexity index is 804. The number of nitrogens with one attached hydrogen (secondary N) is 2. The largest absolute Gasteiger partial charge is 0.493 e. The van der Waals surface area contributed by atoms with Gasteiger partial charge in [-0.1, -0.05) is 29.3 Å². The van der Waals surface area contributed by atoms with Crippen LogP contribution in [0.4, 0.5) is 5.69 Å². The van der Waals surface area contributed by atoms with Crippen molar-refractivity contribution >= 4 is 34.8 Å². The van der Waals surface area contributed by atoms with Crippen LogP contribution < -0.4 is 20.1 Å². The molecule has 0 aliphatic heterocycles. The Morgan fingerprint density at radius 3 is 2.44 bits per heavy atom. The van der Waals surface area contributed by atoms with Gasteiger partial charge in [0.15, 0.2) is 18.1 Å². The van der Waals surface area contributed by atoms with E-state index in [-0.39, 0.29) is 18.1 Å². The van der Waals surface area contributed by atoms with E-state index in [4.69, 9.17) is 32.7 Å². The zero-order valence-corrected chi connectivity index (χ0v) is 17.4. The van der Waals surface area contributed by atoms with Gasteiger partial charge in [-0.15, -0.1) is 0 Å². The molecule has 0 atom stereocenters. The number of carbonyl (C=O) groups excluding carboxylic acids is 1. The first-order valence-electron chi connectivity index (χ1n) is 8.47. The van der Waals surface area contributed by atoms with E-state index in [1.165, 1.54) is 0 Å². The van der Waals surface area contributed by atoms with E-state index in [9.17, 15) is 4.79 Å². The maximum absolute atomic E-state index is 11.9. The third-order valence-electron chi connectivity index (χ3n) is 3.52. The van der Waals surface area contributed by atoms with Gasteiger partial charge in [-0.05, 0) is 56.7 Å². The predicted octanol–water partition coefficient (Wildman–Crippen LogP) is 4.91. The molecular formula is C20H24Cl2N2O3. The Morgan fingerprint density at radius 1 is 1.07 bits per heavy atom. The van der Waals surface area contributed by atoms with Gasteiger partial charge in [0.05, 0.1) is 17.8 Å². The molecule has 0 saturated heterocycles. The van der Waals surface area contributed by atoms with Crippen LogP contribution in [-0.2, 0) is 11.3 Å². The van der Waals surface area contributed by atoms with Crippen LogP contribution in [0.25, 0.3) is 0 Å². The molecule has 146 valence electrons. The molecule has 0 heterocycles. The van der Waals surface area contributed by atoms with Crippen molar-refractivity contribution in [3.8, 4) is 11.5 Å². The van der Waals surface area contributed by atoms with E-state index in [1.807, 2.05) is 39.0 Å². The van der Waals surface area contributed by atoms with E-state index >= 15 is 0 Å². The van der Waals surface area contributed by atoms with Crippen molar-refractivity contribution in [2.24, 2.45) is 0 Å². The fourth-order valence-corrected chi connectivity index (χ4v) is 2.84. The van der Waals surface area contributed by atoms with Gasteiger partial charge in [-0.2, -0.15) is 0 Å². The molecular weight excluding hydrogens is 387 g/mol. The lowest BCUT2D eigenvalue weighted by molar-refractivity contribution is -0.124. The lowest BCUT2D eigenvalue weighted by Gasteiger charge is -2.20. The van der Waals surface area contributed by atoms with Crippen LogP contribution in [0.5, 0.6) is 11.5 Å². The number of benzene rings is 2. The van der Waals surface area contributed by atoms with Crippen molar-refractivity contribution in [2.75, 3.05) is 19.0 Å². The Kier molecular flexibility index (Phi) is 7.22. The Hall–Kier alpha value is -2.11. The molecule has 5 nitrogen and oxygen atoms in total. The summed E-state index contributed by atoms with van der Waals surface area (Å²) in [5.41, 5.74) is 1.46. The fraction of sp³-hybridized carbons (Fsp3) is 0.350. The molecule has 27 heavy (non-hydrogen) atoms. The van der Waals surface area contributed by atoms with Gasteiger partial charge in [0.25, 0.3) is 5.91 Å². The third-order valence-corrected chi connectivity index (χ3v) is 4.06. The van der Waals surface area contributed by atoms with E-state index in [2.05, 4.69) is 10.6 Å². The van der Waals surface area contributed by atoms with Gasteiger partial charge < -0.3 is 20.1 Å². The van der Waals surface area contributed by atoms with Crippen molar-refractivity contribution in [3.63, 3.8) is 0 Å². The van der Waals surface area contributed by atoms with Gasteiger partial charge in [0, 0.05) is 17.1 Å². The molecule has 2 rings (SSSR count). The standard InChI is InChI=1S/C20H24Cl2N2O3/c1-20(2,3)24-19(25)12-27-17-8-5-13(9-18(17)26-4)11-23-16-7-6-14(21)10-15(16)22/h5-10,23H,11-12H2,1-4H3,(H,24,25). The quantitative estimate of drug-likeness (QED) is 0.680. The summed E-state index contributed by atoms with van der Waals surface area (Å²) in [5.74, 6) is 0.877. The maximum atomic E-state index is 11.9. The molecule has 0 radical (unpaired) electrons. The number of halogens is 2. The van der Waals surface area contributed by atoms with Crippen molar-refractivity contribution in [3.05, 3.63) is 52.0 Å². The first-order chi connectivity index (χ1) is 12.7. The number of methoxy groups -OCH3 is 1. The summed E-state index contributed by atoms with van der Waals surface area (Å²) in [4.78, 5) is 11.9. The van der Waals surface area contributed by atoms with Gasteiger partial charge in [-0.25, -0.2) is 0 Å². The molecule has 0 bridgehead atoms. The molecule has 1 amide bonds. The third kappa shape index (κ3) is 6.85. The molecule has 0 aromatic heterocycles. The van der Waals surface area contributed by atoms with Crippen molar-refractivity contribution < 1.29 is 14.3 Å². The molecule has 2 N–H and O–H groups in total. The highest BCUT2D eigenvalue weighted by molar-refractivity contribution is 6.36. The second kappa shape index (κ2) is 9.20. The van der Waals surface area contributed by atoms with Gasteiger partial charge >= 0.3 is 0 Å².